The number of nitrogens with one attached hydrogen (secondary N) is 9. The smallest absolute Gasteiger partial charge is 0.326 e. The van der Waals surface area contributed by atoms with Crippen LogP contribution < -0.4 is 59.7 Å². The quantitative estimate of drug-likeness (QED) is 0.0311. The highest BCUT2D eigenvalue weighted by Gasteiger charge is 2.41. The number of aliphatic hydroxyl groups excluding tert-OH is 1. The van der Waals surface area contributed by atoms with E-state index in [0.29, 0.717) is 0 Å². The number of imidazole rings is 1. The molecule has 0 aliphatic carbocycles. The zero-order valence-corrected chi connectivity index (χ0v) is 43.0. The van der Waals surface area contributed by atoms with E-state index in [2.05, 4.69) is 47.2 Å². The van der Waals surface area contributed by atoms with Gasteiger partial charge in [0.2, 0.25) is 65.0 Å². The SMILES string of the molecule is CC[C@H](C)[C@H](NC(=O)[C@H](CCC(=O)O)NC(=O)[C@H](CC(N)=O)NC(=O)[C@H](CC(=O)O)NC(=O)[C@@H](N)CO)C(=O)N[C@@H](Cc1cnc[nH]1)C(=O)N[C@@H](CC(N)=O)C(=O)N1CCC[C@H]1C(=O)N[C@@H](C)C(=O)N[C@H](C(=O)O)C(C)C. The second-order valence-corrected chi connectivity index (χ2v) is 18.6. The molecular weight excluding hydrogens is 1020 g/mol. The average molecular weight is 1100 g/mol. The zero-order chi connectivity index (χ0) is 58.4. The van der Waals surface area contributed by atoms with Crippen LogP contribution in [0.3, 0.4) is 0 Å². The van der Waals surface area contributed by atoms with Crippen LogP contribution in [0.1, 0.15) is 91.7 Å². The van der Waals surface area contributed by atoms with Crippen molar-refractivity contribution >= 4 is 82.9 Å². The fourth-order valence-electron chi connectivity index (χ4n) is 7.62. The first-order chi connectivity index (χ1) is 36.0. The van der Waals surface area contributed by atoms with Crippen molar-refractivity contribution in [3.63, 3.8) is 0 Å². The third-order valence-corrected chi connectivity index (χ3v) is 12.1. The molecule has 0 spiro atoms. The second kappa shape index (κ2) is 30.9. The van der Waals surface area contributed by atoms with E-state index in [1.807, 2.05) is 5.32 Å². The fraction of sp³-hybridized carbons (Fsp3) is 0.622. The number of nitrogens with two attached hydrogens (primary N) is 3. The van der Waals surface area contributed by atoms with Crippen molar-refractivity contribution in [2.24, 2.45) is 29.0 Å². The van der Waals surface area contributed by atoms with Crippen molar-refractivity contribution in [1.82, 2.24) is 57.4 Å². The molecule has 2 rings (SSSR count). The number of likely N-dealkylation sites (tertiary alicyclic amines) is 1. The van der Waals surface area contributed by atoms with Gasteiger partial charge in [0.15, 0.2) is 0 Å². The lowest BCUT2D eigenvalue weighted by molar-refractivity contribution is -0.144. The number of hydrogen-bond donors (Lipinski definition) is 16. The van der Waals surface area contributed by atoms with Crippen LogP contribution in [-0.4, -0.2) is 192 Å². The maximum Gasteiger partial charge on any atom is 0.326 e. The van der Waals surface area contributed by atoms with Gasteiger partial charge in [0.05, 0.1) is 32.2 Å². The number of amides is 11. The number of carbonyl (C=O) groups excluding carboxylic acids is 11. The molecule has 11 atom stereocenters. The molecule has 2 heterocycles. The Morgan fingerprint density at radius 3 is 1.70 bits per heavy atom. The Labute approximate surface area is 440 Å². The summed E-state index contributed by atoms with van der Waals surface area (Å²) in [4.78, 5) is 189. The monoisotopic (exact) mass is 1090 g/mol. The van der Waals surface area contributed by atoms with Crippen LogP contribution in [0.25, 0.3) is 0 Å². The Hall–Kier alpha value is -8.29. The summed E-state index contributed by atoms with van der Waals surface area (Å²) in [5.74, 6) is -17.7. The Morgan fingerprint density at radius 1 is 0.662 bits per heavy atom. The summed E-state index contributed by atoms with van der Waals surface area (Å²) in [6.07, 6.45) is -1.63. The van der Waals surface area contributed by atoms with Gasteiger partial charge in [-0.2, -0.15) is 0 Å². The summed E-state index contributed by atoms with van der Waals surface area (Å²) in [6, 6.07) is -16.1. The van der Waals surface area contributed by atoms with Gasteiger partial charge in [-0.3, -0.25) is 62.3 Å². The first kappa shape index (κ1) is 64.8. The predicted molar refractivity (Wildman–Crippen MR) is 262 cm³/mol. The molecule has 1 aromatic heterocycles. The largest absolute Gasteiger partial charge is 0.481 e. The van der Waals surface area contributed by atoms with E-state index in [1.54, 1.807) is 20.8 Å². The first-order valence-corrected chi connectivity index (χ1v) is 24.3. The van der Waals surface area contributed by atoms with E-state index < -0.39 is 194 Å². The minimum atomic E-state index is -1.99. The van der Waals surface area contributed by atoms with Gasteiger partial charge in [-0.15, -0.1) is 0 Å². The molecule has 428 valence electrons. The highest BCUT2D eigenvalue weighted by molar-refractivity contribution is 6.00. The molecule has 77 heavy (non-hydrogen) atoms. The van der Waals surface area contributed by atoms with Gasteiger partial charge in [0.1, 0.15) is 60.4 Å². The van der Waals surface area contributed by atoms with Gasteiger partial charge in [-0.05, 0) is 38.0 Å². The molecule has 1 aliphatic heterocycles. The molecule has 19 N–H and O–H groups in total. The fourth-order valence-corrected chi connectivity index (χ4v) is 7.62. The topological polar surface area (TPSA) is 526 Å². The summed E-state index contributed by atoms with van der Waals surface area (Å²) < 4.78 is 0. The lowest BCUT2D eigenvalue weighted by atomic mass is 9.96. The molecule has 0 radical (unpaired) electrons. The molecule has 0 unspecified atom stereocenters. The highest BCUT2D eigenvalue weighted by Crippen LogP contribution is 2.20. The van der Waals surface area contributed by atoms with Gasteiger partial charge in [0.25, 0.3) is 0 Å². The second-order valence-electron chi connectivity index (χ2n) is 18.6. The molecule has 0 saturated carbocycles. The first-order valence-electron chi connectivity index (χ1n) is 24.3. The van der Waals surface area contributed by atoms with E-state index in [1.165, 1.54) is 26.4 Å². The minimum absolute atomic E-state index is 0.0510. The number of primary amides is 2. The lowest BCUT2D eigenvalue weighted by Gasteiger charge is -2.31. The van der Waals surface area contributed by atoms with E-state index in [9.17, 15) is 87.5 Å². The van der Waals surface area contributed by atoms with Crippen LogP contribution in [0.2, 0.25) is 0 Å². The van der Waals surface area contributed by atoms with Crippen LogP contribution in [-0.2, 0) is 73.5 Å². The Bertz CT molecular complexity index is 2330. The Morgan fingerprint density at radius 2 is 1.18 bits per heavy atom. The number of H-pyrrole nitrogens is 1. The van der Waals surface area contributed by atoms with Crippen LogP contribution in [0.4, 0.5) is 0 Å². The predicted octanol–water partition coefficient (Wildman–Crippen LogP) is -6.96. The van der Waals surface area contributed by atoms with Crippen molar-refractivity contribution in [2.75, 3.05) is 13.2 Å². The van der Waals surface area contributed by atoms with E-state index in [0.717, 1.165) is 4.90 Å². The molecule has 32 heteroatoms. The maximum atomic E-state index is 14.3. The van der Waals surface area contributed by atoms with Gasteiger partial charge >= 0.3 is 17.9 Å². The van der Waals surface area contributed by atoms with Crippen molar-refractivity contribution in [2.45, 2.75) is 153 Å². The van der Waals surface area contributed by atoms with Crippen molar-refractivity contribution in [1.29, 1.82) is 0 Å². The van der Waals surface area contributed by atoms with E-state index >= 15 is 0 Å². The minimum Gasteiger partial charge on any atom is -0.481 e. The highest BCUT2D eigenvalue weighted by atomic mass is 16.4. The average Bonchev–Trinajstić information content (AvgIpc) is 4.07. The molecular formula is C45H70N14O18. The third-order valence-electron chi connectivity index (χ3n) is 12.1. The molecule has 32 nitrogen and oxygen atoms in total. The number of aromatic nitrogens is 2. The number of rotatable bonds is 33. The molecule has 0 bridgehead atoms. The normalized spacial score (nSPS) is 16.9. The third kappa shape index (κ3) is 21.1. The zero-order valence-electron chi connectivity index (χ0n) is 43.0. The summed E-state index contributed by atoms with van der Waals surface area (Å²) >= 11 is 0. The summed E-state index contributed by atoms with van der Waals surface area (Å²) in [6.45, 7) is 6.60. The molecule has 11 amide bonds. The van der Waals surface area contributed by atoms with Crippen LogP contribution in [0.15, 0.2) is 12.5 Å². The number of nitrogens with zero attached hydrogens (tertiary/aromatic N) is 2. The number of carboxylic acid groups (broad SMARTS) is 3. The molecule has 1 saturated heterocycles. The summed E-state index contributed by atoms with van der Waals surface area (Å²) in [5.41, 5.74) is 16.5. The summed E-state index contributed by atoms with van der Waals surface area (Å²) in [5, 5.41) is 55.9. The van der Waals surface area contributed by atoms with Gasteiger partial charge in [0, 0.05) is 31.3 Å². The number of carbonyl (C=O) groups is 14. The van der Waals surface area contributed by atoms with Crippen LogP contribution >= 0.6 is 0 Å². The molecule has 1 fully saturated rings. The van der Waals surface area contributed by atoms with E-state index in [-0.39, 0.29) is 37.9 Å². The maximum absolute atomic E-state index is 14.3. The molecule has 1 aliphatic rings. The van der Waals surface area contributed by atoms with Crippen molar-refractivity contribution in [3.05, 3.63) is 18.2 Å². The van der Waals surface area contributed by atoms with Gasteiger partial charge in [-0.1, -0.05) is 34.1 Å². The van der Waals surface area contributed by atoms with Gasteiger partial charge < -0.3 is 90.0 Å². The lowest BCUT2D eigenvalue weighted by Crippen LogP contribution is -2.62. The number of aliphatic hydroxyl groups is 1. The van der Waals surface area contributed by atoms with Gasteiger partial charge in [-0.25, -0.2) is 9.78 Å². The number of aliphatic carboxylic acids is 3. The Balaban J connectivity index is 2.44. The van der Waals surface area contributed by atoms with Crippen LogP contribution in [0.5, 0.6) is 0 Å². The Kier molecular flexibility index (Phi) is 26.0. The number of aromatic amines is 1. The number of carboxylic acids is 3. The van der Waals surface area contributed by atoms with Crippen molar-refractivity contribution < 1.29 is 87.5 Å². The standard InChI is InChI=1S/C45H70N14O18/c1-6-20(4)35(58-38(69)24(9-10-32(63)64)52-40(71)26(13-30(47)61)54-41(72)27(15-33(65)66)53-37(68)23(46)17-60)43(74)55-25(12-22-16-49-18-50-22)39(70)56-28(14-31(48)62)44(75)59-11-7-8-29(59)42(73)51-21(5)36(67)57-34(19(2)3)45(76)77/h16,18-21,23-29,34-35,60H,6-15,17,46H2,1-5H3,(H2,47,61)(H2,48,62)(H,49,50)(H,51,73)(H,52,71)(H,53,68)(H,54,72)(H,55,74)(H,56,70)(H,57,67)(H,58,69)(H,63,64)(H,65,66)(H,76,77)/t20-,21-,23-,24-,25-,26-,27-,28-,29-,34-,35-/m0/s1. The number of hydrogen-bond acceptors (Lipinski definition) is 17. The summed E-state index contributed by atoms with van der Waals surface area (Å²) in [7, 11) is 0. The molecule has 0 aromatic carbocycles. The van der Waals surface area contributed by atoms with Crippen LogP contribution in [0, 0.1) is 11.8 Å². The van der Waals surface area contributed by atoms with E-state index in [4.69, 9.17) is 17.2 Å². The van der Waals surface area contributed by atoms with Crippen molar-refractivity contribution in [3.8, 4) is 0 Å². The molecule has 1 aromatic rings.